The van der Waals surface area contributed by atoms with Gasteiger partial charge in [-0.25, -0.2) is 4.99 Å². The summed E-state index contributed by atoms with van der Waals surface area (Å²) in [4.78, 5) is 6.92. The van der Waals surface area contributed by atoms with E-state index in [1.807, 2.05) is 30.3 Å². The number of aliphatic imine (C=N–C) groups is 1. The normalized spacial score (nSPS) is 11.8. The molecule has 0 atom stereocenters. The van der Waals surface area contributed by atoms with Crippen LogP contribution in [0.4, 0.5) is 0 Å². The maximum Gasteiger partial charge on any atom is 0.194 e. The summed E-state index contributed by atoms with van der Waals surface area (Å²) in [6, 6.07) is 0. The van der Waals surface area contributed by atoms with E-state index in [9.17, 15) is 0 Å². The fourth-order valence-electron chi connectivity index (χ4n) is 1.96. The minimum absolute atomic E-state index is 0.554. The average Bonchev–Trinajstić information content (AvgIpc) is 2.83. The number of unbranched alkanes of at least 4 members (excludes halogenated alkanes) is 1. The van der Waals surface area contributed by atoms with E-state index in [0.29, 0.717) is 6.54 Å². The van der Waals surface area contributed by atoms with Crippen LogP contribution in [0.1, 0.15) is 37.8 Å². The van der Waals surface area contributed by atoms with Crippen molar-refractivity contribution in [3.63, 3.8) is 0 Å². The Morgan fingerprint density at radius 1 is 1.36 bits per heavy atom. The highest BCUT2D eigenvalue weighted by molar-refractivity contribution is 7.98. The van der Waals surface area contributed by atoms with E-state index in [4.69, 9.17) is 4.99 Å². The molecule has 0 fully saturated rings. The van der Waals surface area contributed by atoms with Gasteiger partial charge < -0.3 is 14.8 Å². The number of thioether (sulfide) groups is 1. The number of aryl methyl sites for hydroxylation is 1. The maximum absolute atomic E-state index is 4.72. The van der Waals surface area contributed by atoms with E-state index >= 15 is 0 Å². The first-order valence-electron chi connectivity index (χ1n) is 7.93. The lowest BCUT2D eigenvalue weighted by atomic mass is 10.3. The van der Waals surface area contributed by atoms with Crippen molar-refractivity contribution in [2.24, 2.45) is 12.0 Å². The number of rotatable bonds is 9. The van der Waals surface area contributed by atoms with E-state index in [1.165, 1.54) is 18.6 Å². The second kappa shape index (κ2) is 10.5. The van der Waals surface area contributed by atoms with Crippen LogP contribution in [-0.4, -0.2) is 57.8 Å². The highest BCUT2D eigenvalue weighted by Gasteiger charge is 2.08. The van der Waals surface area contributed by atoms with Crippen LogP contribution in [0.25, 0.3) is 0 Å². The molecule has 1 heterocycles. The molecule has 22 heavy (non-hydrogen) atoms. The highest BCUT2D eigenvalue weighted by atomic mass is 32.2. The number of aromatic nitrogens is 3. The maximum atomic E-state index is 4.72. The van der Waals surface area contributed by atoms with Crippen LogP contribution >= 0.6 is 11.8 Å². The Bertz CT molecular complexity index is 457. The Morgan fingerprint density at radius 2 is 2.14 bits per heavy atom. The van der Waals surface area contributed by atoms with Gasteiger partial charge in [-0.15, -0.1) is 10.2 Å². The van der Waals surface area contributed by atoms with Gasteiger partial charge in [0.25, 0.3) is 0 Å². The van der Waals surface area contributed by atoms with Crippen molar-refractivity contribution in [1.82, 2.24) is 25.0 Å². The fourth-order valence-corrected chi connectivity index (χ4v) is 2.40. The van der Waals surface area contributed by atoms with Crippen LogP contribution < -0.4 is 5.32 Å². The monoisotopic (exact) mass is 326 g/mol. The van der Waals surface area contributed by atoms with Crippen molar-refractivity contribution in [3.8, 4) is 0 Å². The summed E-state index contributed by atoms with van der Waals surface area (Å²) in [5, 5.41) is 11.7. The molecule has 0 aromatic carbocycles. The van der Waals surface area contributed by atoms with E-state index in [-0.39, 0.29) is 0 Å². The van der Waals surface area contributed by atoms with Crippen LogP contribution in [0.3, 0.4) is 0 Å². The third-order valence-electron chi connectivity index (χ3n) is 3.57. The third kappa shape index (κ3) is 6.25. The molecule has 126 valence electrons. The van der Waals surface area contributed by atoms with Gasteiger partial charge in [0, 0.05) is 27.2 Å². The number of nitrogens with zero attached hydrogens (tertiary/aromatic N) is 5. The molecule has 1 aromatic rings. The first-order valence-corrected chi connectivity index (χ1v) is 9.32. The molecule has 0 unspecified atom stereocenters. The van der Waals surface area contributed by atoms with Crippen LogP contribution in [-0.2, 0) is 13.6 Å². The lowest BCUT2D eigenvalue weighted by Crippen LogP contribution is -2.40. The molecule has 0 bridgehead atoms. The van der Waals surface area contributed by atoms with E-state index in [1.54, 1.807) is 0 Å². The first kappa shape index (κ1) is 18.8. The standard InChI is InChI=1S/C15H30N6S/c1-6-7-10-20(3)15(16-9-8-11-22-5)17-12-14-19-18-13(2)21(14)4/h6-12H2,1-5H3,(H,16,17). The Kier molecular flexibility index (Phi) is 8.96. The van der Waals surface area contributed by atoms with Crippen LogP contribution in [0.15, 0.2) is 4.99 Å². The SMILES string of the molecule is CCCCN(C)C(=NCc1nnc(C)n1C)NCCCSC. The molecule has 7 heteroatoms. The quantitative estimate of drug-likeness (QED) is 0.428. The molecular formula is C15H30N6S. The molecule has 1 aromatic heterocycles. The number of guanidine groups is 1. The fraction of sp³-hybridized carbons (Fsp3) is 0.800. The van der Waals surface area contributed by atoms with E-state index < -0.39 is 0 Å². The Morgan fingerprint density at radius 3 is 2.73 bits per heavy atom. The van der Waals surface area contributed by atoms with Gasteiger partial charge in [0.1, 0.15) is 12.4 Å². The van der Waals surface area contributed by atoms with E-state index in [0.717, 1.165) is 37.1 Å². The molecule has 0 aliphatic heterocycles. The lowest BCUT2D eigenvalue weighted by Gasteiger charge is -2.22. The smallest absolute Gasteiger partial charge is 0.194 e. The summed E-state index contributed by atoms with van der Waals surface area (Å²) in [7, 11) is 4.07. The highest BCUT2D eigenvalue weighted by Crippen LogP contribution is 2.01. The Labute approximate surface area is 138 Å². The van der Waals surface area contributed by atoms with Crippen molar-refractivity contribution < 1.29 is 0 Å². The zero-order chi connectivity index (χ0) is 16.4. The minimum Gasteiger partial charge on any atom is -0.356 e. The molecule has 0 radical (unpaired) electrons. The van der Waals surface area contributed by atoms with Crippen molar-refractivity contribution in [1.29, 1.82) is 0 Å². The average molecular weight is 327 g/mol. The summed E-state index contributed by atoms with van der Waals surface area (Å²) in [6.07, 6.45) is 5.64. The van der Waals surface area contributed by atoms with Crippen LogP contribution in [0, 0.1) is 6.92 Å². The first-order chi connectivity index (χ1) is 10.6. The van der Waals surface area contributed by atoms with Crippen LogP contribution in [0.5, 0.6) is 0 Å². The number of nitrogens with one attached hydrogen (secondary N) is 1. The molecule has 1 N–H and O–H groups in total. The molecule has 1 rings (SSSR count). The molecule has 6 nitrogen and oxygen atoms in total. The summed E-state index contributed by atoms with van der Waals surface area (Å²) >= 11 is 1.88. The molecule has 0 aliphatic carbocycles. The van der Waals surface area contributed by atoms with Gasteiger partial charge in [0.05, 0.1) is 0 Å². The predicted octanol–water partition coefficient (Wildman–Crippen LogP) is 2.05. The zero-order valence-electron chi connectivity index (χ0n) is 14.6. The van der Waals surface area contributed by atoms with Crippen molar-refractivity contribution in [2.45, 2.75) is 39.7 Å². The van der Waals surface area contributed by atoms with Crippen molar-refractivity contribution in [2.75, 3.05) is 32.1 Å². The van der Waals surface area contributed by atoms with Gasteiger partial charge >= 0.3 is 0 Å². The van der Waals surface area contributed by atoms with Crippen LogP contribution in [0.2, 0.25) is 0 Å². The van der Waals surface area contributed by atoms with Gasteiger partial charge in [-0.05, 0) is 31.8 Å². The second-order valence-corrected chi connectivity index (χ2v) is 6.40. The molecule has 0 saturated heterocycles. The number of hydrogen-bond acceptors (Lipinski definition) is 4. The van der Waals surface area contributed by atoms with Crippen molar-refractivity contribution in [3.05, 3.63) is 11.6 Å². The van der Waals surface area contributed by atoms with Gasteiger partial charge in [-0.3, -0.25) is 0 Å². The summed E-state index contributed by atoms with van der Waals surface area (Å²) < 4.78 is 1.99. The lowest BCUT2D eigenvalue weighted by molar-refractivity contribution is 0.462. The minimum atomic E-state index is 0.554. The van der Waals surface area contributed by atoms with Gasteiger partial charge in [-0.1, -0.05) is 13.3 Å². The van der Waals surface area contributed by atoms with Gasteiger partial charge in [-0.2, -0.15) is 11.8 Å². The topological polar surface area (TPSA) is 58.3 Å². The predicted molar refractivity (Wildman–Crippen MR) is 95.4 cm³/mol. The largest absolute Gasteiger partial charge is 0.356 e. The van der Waals surface area contributed by atoms with E-state index in [2.05, 4.69) is 40.6 Å². The Hall–Kier alpha value is -1.24. The van der Waals surface area contributed by atoms with Gasteiger partial charge in [0.2, 0.25) is 0 Å². The second-order valence-electron chi connectivity index (χ2n) is 5.41. The molecular weight excluding hydrogens is 296 g/mol. The third-order valence-corrected chi connectivity index (χ3v) is 4.27. The van der Waals surface area contributed by atoms with Crippen molar-refractivity contribution >= 4 is 17.7 Å². The summed E-state index contributed by atoms with van der Waals surface area (Å²) in [5.74, 6) is 3.93. The Balaban J connectivity index is 2.65. The molecule has 0 saturated carbocycles. The zero-order valence-corrected chi connectivity index (χ0v) is 15.4. The molecule has 0 amide bonds. The number of hydrogen-bond donors (Lipinski definition) is 1. The summed E-state index contributed by atoms with van der Waals surface area (Å²) in [5.41, 5.74) is 0. The van der Waals surface area contributed by atoms with Gasteiger partial charge in [0.15, 0.2) is 11.8 Å². The summed E-state index contributed by atoms with van der Waals surface area (Å²) in [6.45, 7) is 6.68. The molecule has 0 spiro atoms. The molecule has 0 aliphatic rings.